The predicted octanol–water partition coefficient (Wildman–Crippen LogP) is 1.56. The van der Waals surface area contributed by atoms with Crippen LogP contribution in [0.5, 0.6) is 0 Å². The van der Waals surface area contributed by atoms with Crippen molar-refractivity contribution in [2.45, 2.75) is 6.54 Å². The Bertz CT molecular complexity index is 965. The zero-order chi connectivity index (χ0) is 16.6. The Morgan fingerprint density at radius 3 is 2.96 bits per heavy atom. The topological polar surface area (TPSA) is 81.8 Å². The number of nitrogens with zero attached hydrogens (tertiary/aromatic N) is 4. The molecule has 0 aliphatic carbocycles. The summed E-state index contributed by atoms with van der Waals surface area (Å²) >= 11 is 5.65. The van der Waals surface area contributed by atoms with E-state index >= 15 is 0 Å². The Balaban J connectivity index is 1.83. The molecule has 23 heavy (non-hydrogen) atoms. The molecule has 0 aliphatic heterocycles. The van der Waals surface area contributed by atoms with Crippen LogP contribution < -0.4 is 10.9 Å². The average molecular weight is 336 g/mol. The summed E-state index contributed by atoms with van der Waals surface area (Å²) in [4.78, 5) is 28.3. The van der Waals surface area contributed by atoms with Crippen molar-refractivity contribution < 1.29 is 9.18 Å². The van der Waals surface area contributed by atoms with Gasteiger partial charge in [-0.25, -0.2) is 9.37 Å². The van der Waals surface area contributed by atoms with E-state index in [1.165, 1.54) is 29.3 Å². The number of carbonyl (C=O) groups excluding carboxylic acids is 1. The second-order valence-corrected chi connectivity index (χ2v) is 5.29. The Hall–Kier alpha value is -2.74. The number of hydrogen-bond donors (Lipinski definition) is 1. The van der Waals surface area contributed by atoms with Gasteiger partial charge in [-0.1, -0.05) is 11.6 Å². The van der Waals surface area contributed by atoms with Gasteiger partial charge in [0.2, 0.25) is 5.91 Å². The molecule has 0 aliphatic rings. The molecule has 2 aromatic heterocycles. The van der Waals surface area contributed by atoms with E-state index in [4.69, 9.17) is 11.6 Å². The molecule has 0 unspecified atom stereocenters. The average Bonchev–Trinajstić information content (AvgIpc) is 2.87. The fraction of sp³-hybridized carbons (Fsp3) is 0.143. The van der Waals surface area contributed by atoms with E-state index in [0.717, 1.165) is 10.6 Å². The van der Waals surface area contributed by atoms with Crippen LogP contribution in [0.1, 0.15) is 0 Å². The molecule has 3 aromatic rings. The molecule has 9 heteroatoms. The van der Waals surface area contributed by atoms with E-state index in [2.05, 4.69) is 15.4 Å². The maximum absolute atomic E-state index is 13.6. The van der Waals surface area contributed by atoms with Crippen molar-refractivity contribution in [3.63, 3.8) is 0 Å². The van der Waals surface area contributed by atoms with Crippen LogP contribution in [0.25, 0.3) is 11.0 Å². The third-order valence-electron chi connectivity index (χ3n) is 3.24. The van der Waals surface area contributed by atoms with Gasteiger partial charge in [-0.2, -0.15) is 5.10 Å². The number of aryl methyl sites for hydroxylation is 1. The minimum Gasteiger partial charge on any atom is -0.322 e. The fourth-order valence-corrected chi connectivity index (χ4v) is 2.27. The first-order valence-electron chi connectivity index (χ1n) is 6.58. The highest BCUT2D eigenvalue weighted by molar-refractivity contribution is 6.30. The minimum atomic E-state index is -0.654. The van der Waals surface area contributed by atoms with Crippen LogP contribution in [-0.2, 0) is 18.4 Å². The second kappa shape index (κ2) is 5.81. The first kappa shape index (κ1) is 15.2. The standard InChI is InChI=1S/C14H11ClFN5O2/c1-20-13-9(5-18-20)14(23)21(7-17-13)6-12(22)19-11-3-2-8(15)4-10(11)16/h2-5,7H,6H2,1H3,(H,19,22). The Morgan fingerprint density at radius 2 is 2.22 bits per heavy atom. The lowest BCUT2D eigenvalue weighted by molar-refractivity contribution is -0.116. The molecule has 1 aromatic carbocycles. The van der Waals surface area contributed by atoms with Gasteiger partial charge in [0.25, 0.3) is 5.56 Å². The molecular formula is C14H11ClFN5O2. The fourth-order valence-electron chi connectivity index (χ4n) is 2.11. The van der Waals surface area contributed by atoms with Crippen LogP contribution in [0.2, 0.25) is 5.02 Å². The van der Waals surface area contributed by atoms with Crippen LogP contribution in [0, 0.1) is 5.82 Å². The van der Waals surface area contributed by atoms with Gasteiger partial charge in [0.1, 0.15) is 24.1 Å². The van der Waals surface area contributed by atoms with E-state index in [-0.39, 0.29) is 17.3 Å². The maximum atomic E-state index is 13.6. The van der Waals surface area contributed by atoms with Crippen LogP contribution in [0.4, 0.5) is 10.1 Å². The number of amides is 1. The van der Waals surface area contributed by atoms with Crippen molar-refractivity contribution in [2.75, 3.05) is 5.32 Å². The molecule has 0 atom stereocenters. The zero-order valence-corrected chi connectivity index (χ0v) is 12.7. The van der Waals surface area contributed by atoms with E-state index in [0.29, 0.717) is 11.0 Å². The zero-order valence-electron chi connectivity index (χ0n) is 12.0. The van der Waals surface area contributed by atoms with E-state index < -0.39 is 17.3 Å². The van der Waals surface area contributed by atoms with E-state index in [9.17, 15) is 14.0 Å². The number of halogens is 2. The second-order valence-electron chi connectivity index (χ2n) is 4.86. The summed E-state index contributed by atoms with van der Waals surface area (Å²) in [5.41, 5.74) is 0.0214. The minimum absolute atomic E-state index is 0.0112. The molecule has 0 saturated heterocycles. The molecule has 0 fully saturated rings. The molecular weight excluding hydrogens is 325 g/mol. The third kappa shape index (κ3) is 2.93. The van der Waals surface area contributed by atoms with Crippen molar-refractivity contribution in [1.82, 2.24) is 19.3 Å². The Morgan fingerprint density at radius 1 is 1.43 bits per heavy atom. The van der Waals surface area contributed by atoms with Crippen molar-refractivity contribution in [2.24, 2.45) is 7.05 Å². The van der Waals surface area contributed by atoms with E-state index in [1.807, 2.05) is 0 Å². The lowest BCUT2D eigenvalue weighted by Crippen LogP contribution is -2.28. The number of aromatic nitrogens is 4. The molecule has 2 heterocycles. The highest BCUT2D eigenvalue weighted by atomic mass is 35.5. The number of benzene rings is 1. The smallest absolute Gasteiger partial charge is 0.264 e. The SMILES string of the molecule is Cn1ncc2c(=O)n(CC(=O)Nc3ccc(Cl)cc3F)cnc21. The first-order chi connectivity index (χ1) is 11.0. The summed E-state index contributed by atoms with van der Waals surface area (Å²) in [6.45, 7) is -0.293. The molecule has 0 radical (unpaired) electrons. The lowest BCUT2D eigenvalue weighted by atomic mass is 10.3. The van der Waals surface area contributed by atoms with Crippen molar-refractivity contribution in [1.29, 1.82) is 0 Å². The molecule has 118 valence electrons. The molecule has 0 saturated carbocycles. The van der Waals surface area contributed by atoms with E-state index in [1.54, 1.807) is 7.05 Å². The molecule has 0 bridgehead atoms. The third-order valence-corrected chi connectivity index (χ3v) is 3.47. The van der Waals surface area contributed by atoms with Gasteiger partial charge in [0.15, 0.2) is 5.65 Å². The molecule has 0 spiro atoms. The monoisotopic (exact) mass is 335 g/mol. The Labute approximate surface area is 134 Å². The van der Waals surface area contributed by atoms with Gasteiger partial charge in [-0.3, -0.25) is 18.8 Å². The van der Waals surface area contributed by atoms with Gasteiger partial charge in [0.05, 0.1) is 11.9 Å². The summed E-state index contributed by atoms with van der Waals surface area (Å²) in [5, 5.41) is 6.86. The van der Waals surface area contributed by atoms with Crippen molar-refractivity contribution >= 4 is 34.2 Å². The Kier molecular flexibility index (Phi) is 3.83. The predicted molar refractivity (Wildman–Crippen MR) is 82.8 cm³/mol. The maximum Gasteiger partial charge on any atom is 0.264 e. The lowest BCUT2D eigenvalue weighted by Gasteiger charge is -2.08. The first-order valence-corrected chi connectivity index (χ1v) is 6.95. The van der Waals surface area contributed by atoms with Crippen LogP contribution in [-0.4, -0.2) is 25.2 Å². The van der Waals surface area contributed by atoms with Gasteiger partial charge in [-0.15, -0.1) is 0 Å². The van der Waals surface area contributed by atoms with Crippen molar-refractivity contribution in [3.05, 3.63) is 51.9 Å². The van der Waals surface area contributed by atoms with Gasteiger partial charge in [-0.05, 0) is 18.2 Å². The van der Waals surface area contributed by atoms with Gasteiger partial charge >= 0.3 is 0 Å². The molecule has 7 nitrogen and oxygen atoms in total. The number of anilines is 1. The normalized spacial score (nSPS) is 10.9. The van der Waals surface area contributed by atoms with Crippen LogP contribution in [0.15, 0.2) is 35.5 Å². The number of nitrogens with one attached hydrogen (secondary N) is 1. The number of hydrogen-bond acceptors (Lipinski definition) is 4. The number of fused-ring (bicyclic) bond motifs is 1. The quantitative estimate of drug-likeness (QED) is 0.787. The van der Waals surface area contributed by atoms with Crippen LogP contribution in [0.3, 0.4) is 0 Å². The van der Waals surface area contributed by atoms with Crippen molar-refractivity contribution in [3.8, 4) is 0 Å². The number of rotatable bonds is 3. The molecule has 1 amide bonds. The molecule has 3 rings (SSSR count). The number of carbonyl (C=O) groups is 1. The summed E-state index contributed by atoms with van der Waals surface area (Å²) in [7, 11) is 1.66. The largest absolute Gasteiger partial charge is 0.322 e. The van der Waals surface area contributed by atoms with Gasteiger partial charge < -0.3 is 5.32 Å². The van der Waals surface area contributed by atoms with Gasteiger partial charge in [0, 0.05) is 12.1 Å². The summed E-state index contributed by atoms with van der Waals surface area (Å²) < 4.78 is 16.2. The summed E-state index contributed by atoms with van der Waals surface area (Å²) in [6, 6.07) is 3.89. The highest BCUT2D eigenvalue weighted by Crippen LogP contribution is 2.18. The van der Waals surface area contributed by atoms with Crippen LogP contribution >= 0.6 is 11.6 Å². The summed E-state index contributed by atoms with van der Waals surface area (Å²) in [6.07, 6.45) is 2.64. The highest BCUT2D eigenvalue weighted by Gasteiger charge is 2.12. The molecule has 1 N–H and O–H groups in total. The summed E-state index contributed by atoms with van der Waals surface area (Å²) in [5.74, 6) is -1.21.